The normalized spacial score (nSPS) is 34.6. The molecule has 6 fully saturated rings. The molecule has 0 N–H and O–H groups in total. The van der Waals surface area contributed by atoms with Crippen molar-refractivity contribution in [3.8, 4) is 0 Å². The molecule has 0 unspecified atom stereocenters. The Morgan fingerprint density at radius 3 is 1.65 bits per heavy atom. The molecule has 18 atom stereocenters. The average molecular weight is 1170 g/mol. The van der Waals surface area contributed by atoms with E-state index in [1.807, 2.05) is 6.08 Å². The van der Waals surface area contributed by atoms with Crippen LogP contribution in [0.15, 0.2) is 140 Å². The lowest BCUT2D eigenvalue weighted by Crippen LogP contribution is -2.67. The molecule has 456 valence electrons. The van der Waals surface area contributed by atoms with E-state index >= 15 is 0 Å². The average Bonchev–Trinajstić information content (AvgIpc) is 1.86. The quantitative estimate of drug-likeness (QED) is 0.0649. The molecule has 6 saturated heterocycles. The fourth-order valence-corrected chi connectivity index (χ4v) is 22.3. The fraction of sp³-hybridized carbons (Fsp3) is 0.568. The second-order valence-electron chi connectivity index (χ2n) is 27.8. The van der Waals surface area contributed by atoms with Gasteiger partial charge in [-0.2, -0.15) is 0 Å². The van der Waals surface area contributed by atoms with E-state index in [9.17, 15) is 0 Å². The lowest BCUT2D eigenvalue weighted by Gasteiger charge is -2.57. The van der Waals surface area contributed by atoms with Crippen LogP contribution >= 0.6 is 0 Å². The summed E-state index contributed by atoms with van der Waals surface area (Å²) in [6.45, 7) is 31.9. The van der Waals surface area contributed by atoms with Crippen LogP contribution < -0.4 is 0 Å². The Balaban J connectivity index is 0.825. The summed E-state index contributed by atoms with van der Waals surface area (Å²) in [7, 11) is -2.47. The Bertz CT molecular complexity index is 3230. The zero-order valence-corrected chi connectivity index (χ0v) is 53.5. The van der Waals surface area contributed by atoms with E-state index in [4.69, 9.17) is 47.1 Å². The highest BCUT2D eigenvalue weighted by Crippen LogP contribution is 2.53. The predicted octanol–water partition coefficient (Wildman–Crippen LogP) is 16.4. The Kier molecular flexibility index (Phi) is 18.1. The maximum absolute atomic E-state index is 8.00. The molecule has 0 amide bonds. The molecular weight excluding hydrogens is 1080 g/mol. The molecule has 6 heterocycles. The Morgan fingerprint density at radius 1 is 0.553 bits per heavy atom. The van der Waals surface area contributed by atoms with Crippen molar-refractivity contribution in [3.05, 3.63) is 157 Å². The summed E-state index contributed by atoms with van der Waals surface area (Å²) in [6, 6.07) is 45.4. The van der Waals surface area contributed by atoms with Crippen LogP contribution in [0.5, 0.6) is 0 Å². The summed E-state index contributed by atoms with van der Waals surface area (Å²) in [5.41, 5.74) is 3.71. The first-order valence-electron chi connectivity index (χ1n) is 32.5. The lowest BCUT2D eigenvalue weighted by molar-refractivity contribution is -0.342. The van der Waals surface area contributed by atoms with E-state index in [0.717, 1.165) is 29.5 Å². The van der Waals surface area contributed by atoms with E-state index in [1.54, 1.807) is 0 Å². The molecule has 0 bridgehead atoms. The van der Waals surface area contributed by atoms with Gasteiger partial charge in [0.2, 0.25) is 8.32 Å². The third-order valence-corrected chi connectivity index (χ3v) is 27.5. The molecule has 6 aromatic rings. The number of rotatable bonds is 17. The minimum Gasteiger partial charge on any atom is -0.410 e. The molecule has 6 aromatic carbocycles. The SMILES string of the molecule is C=CC[C@@H](OCc1ccc2ccccc2c1)[C@]1(C)O[C@@H]2C[C@H](C)C[C@@H]3O[C@@H]4[C@@H](C)[C@H](OCc5ccc6ccccc6c5)[C@@H]5O[C@]6(C[C@H](OCc7ccc8ccccc8c7)CO6)[C@@H](C)[C@H](C)[C@H]5O[C@H]4C[C@H]3O[C@H]2C[C@H]1O[Si](C(C)C)(C(C)C)C(C)C. The first-order valence-corrected chi connectivity index (χ1v) is 34.6. The molecule has 85 heavy (non-hydrogen) atoms. The summed E-state index contributed by atoms with van der Waals surface area (Å²) in [5.74, 6) is -0.644. The van der Waals surface area contributed by atoms with Crippen molar-refractivity contribution in [2.24, 2.45) is 23.7 Å². The third kappa shape index (κ3) is 12.1. The second-order valence-corrected chi connectivity index (χ2v) is 33.2. The van der Waals surface area contributed by atoms with Crippen LogP contribution in [0, 0.1) is 23.7 Å². The topological polar surface area (TPSA) is 92.3 Å². The summed E-state index contributed by atoms with van der Waals surface area (Å²) in [4.78, 5) is 0. The van der Waals surface area contributed by atoms with Gasteiger partial charge in [0.1, 0.15) is 11.7 Å². The van der Waals surface area contributed by atoms with Crippen molar-refractivity contribution in [1.82, 2.24) is 0 Å². The maximum atomic E-state index is 8.00. The van der Waals surface area contributed by atoms with E-state index in [0.29, 0.717) is 68.7 Å². The number of fused-ring (bicyclic) bond motifs is 7. The van der Waals surface area contributed by atoms with E-state index < -0.39 is 25.8 Å². The third-order valence-electron chi connectivity index (χ3n) is 21.4. The number of hydrogen-bond donors (Lipinski definition) is 0. The molecule has 1 spiro atoms. The van der Waals surface area contributed by atoms with Gasteiger partial charge in [-0.1, -0.05) is 185 Å². The monoisotopic (exact) mass is 1170 g/mol. The Hall–Kier alpha value is -4.34. The van der Waals surface area contributed by atoms with Crippen molar-refractivity contribution in [2.45, 2.75) is 236 Å². The molecule has 0 aliphatic carbocycles. The van der Waals surface area contributed by atoms with Crippen LogP contribution in [0.3, 0.4) is 0 Å². The van der Waals surface area contributed by atoms with Gasteiger partial charge in [-0.3, -0.25) is 0 Å². The van der Waals surface area contributed by atoms with Crippen molar-refractivity contribution in [3.63, 3.8) is 0 Å². The fourth-order valence-electron chi connectivity index (χ4n) is 16.6. The summed E-state index contributed by atoms with van der Waals surface area (Å²) in [6.07, 6.45) is 3.06. The molecule has 0 radical (unpaired) electrons. The number of hydrogen-bond acceptors (Lipinski definition) is 10. The Labute approximate surface area is 508 Å². The van der Waals surface area contributed by atoms with Crippen LogP contribution in [0.1, 0.15) is 131 Å². The minimum absolute atomic E-state index is 0.00203. The van der Waals surface area contributed by atoms with Crippen LogP contribution in [0.25, 0.3) is 32.3 Å². The standard InChI is InChI=1S/C74H96O10Si/c1-13-20-67(76-42-53-28-31-56-22-15-18-25-59(56)36-53)73(12)68(84-85(45(2)3,46(4)5)47(6)7)39-64-65(82-73)34-48(8)33-62-63(79-64)38-66-69(80-62)50(10)70(77-43-54-29-32-57-23-16-19-26-60(57)37-54)72-71(81-66)49(9)51(11)74(83-72)40-61(44-78-74)75-41-52-27-30-55-21-14-17-24-58(55)35-52/h13-19,21-32,35-37,45-51,61-72H,1,20,33-34,38-44H2,2-12H3/t48-,49+,50-,51+,61+,62+,63-,64+,65-,66+,67-,68-,69-,70+,71-,72+,73+,74-/m1/s1. The second kappa shape index (κ2) is 25.3. The van der Waals surface area contributed by atoms with E-state index in [2.05, 4.69) is 210 Å². The Morgan fingerprint density at radius 2 is 1.07 bits per heavy atom. The zero-order valence-electron chi connectivity index (χ0n) is 52.5. The first-order chi connectivity index (χ1) is 40.9. The summed E-state index contributed by atoms with van der Waals surface area (Å²) in [5, 5.41) is 7.26. The van der Waals surface area contributed by atoms with Gasteiger partial charge in [-0.25, -0.2) is 0 Å². The molecule has 10 nitrogen and oxygen atoms in total. The molecular formula is C74H96O10Si. The van der Waals surface area contributed by atoms with Gasteiger partial charge in [0.25, 0.3) is 0 Å². The van der Waals surface area contributed by atoms with Crippen molar-refractivity contribution in [2.75, 3.05) is 6.61 Å². The molecule has 0 aromatic heterocycles. The number of benzene rings is 6. The van der Waals surface area contributed by atoms with Gasteiger partial charge in [-0.05, 0) is 122 Å². The van der Waals surface area contributed by atoms with E-state index in [1.165, 1.54) is 32.3 Å². The molecule has 6 aliphatic rings. The van der Waals surface area contributed by atoms with Crippen molar-refractivity contribution >= 4 is 40.6 Å². The molecule has 11 heteroatoms. The van der Waals surface area contributed by atoms with Gasteiger partial charge < -0.3 is 47.1 Å². The van der Waals surface area contributed by atoms with E-state index in [-0.39, 0.29) is 90.8 Å². The van der Waals surface area contributed by atoms with Gasteiger partial charge in [0.05, 0.1) is 93.6 Å². The van der Waals surface area contributed by atoms with Crippen LogP contribution in [0.4, 0.5) is 0 Å². The molecule has 12 rings (SSSR count). The van der Waals surface area contributed by atoms with Crippen LogP contribution in [0.2, 0.25) is 16.6 Å². The maximum Gasteiger partial charge on any atom is 0.200 e. The number of ether oxygens (including phenoxy) is 9. The van der Waals surface area contributed by atoms with Crippen molar-refractivity contribution in [1.29, 1.82) is 0 Å². The minimum atomic E-state index is -2.47. The van der Waals surface area contributed by atoms with Gasteiger partial charge >= 0.3 is 0 Å². The first kappa shape index (κ1) is 60.9. The van der Waals surface area contributed by atoms with Crippen molar-refractivity contribution < 1.29 is 47.1 Å². The van der Waals surface area contributed by atoms with Gasteiger partial charge in [0, 0.05) is 31.1 Å². The lowest BCUT2D eigenvalue weighted by atomic mass is 9.75. The highest BCUT2D eigenvalue weighted by Gasteiger charge is 2.63. The highest BCUT2D eigenvalue weighted by molar-refractivity contribution is 6.77. The van der Waals surface area contributed by atoms with Crippen LogP contribution in [-0.4, -0.2) is 99.6 Å². The van der Waals surface area contributed by atoms with Gasteiger partial charge in [0.15, 0.2) is 5.79 Å². The largest absolute Gasteiger partial charge is 0.410 e. The summed E-state index contributed by atoms with van der Waals surface area (Å²) < 4.78 is 74.3. The smallest absolute Gasteiger partial charge is 0.200 e. The molecule has 6 aliphatic heterocycles. The highest BCUT2D eigenvalue weighted by atomic mass is 28.4. The molecule has 0 saturated carbocycles. The zero-order chi connectivity index (χ0) is 59.4. The van der Waals surface area contributed by atoms with Gasteiger partial charge in [-0.15, -0.1) is 6.58 Å². The van der Waals surface area contributed by atoms with Crippen LogP contribution in [-0.2, 0) is 66.9 Å². The summed E-state index contributed by atoms with van der Waals surface area (Å²) >= 11 is 0. The predicted molar refractivity (Wildman–Crippen MR) is 341 cm³/mol.